The van der Waals surface area contributed by atoms with E-state index in [4.69, 9.17) is 14.2 Å². The zero-order chi connectivity index (χ0) is 21.3. The molecular formula is C23H39IN4O3. The summed E-state index contributed by atoms with van der Waals surface area (Å²) in [5, 5.41) is 6.89. The molecule has 8 heteroatoms. The Labute approximate surface area is 204 Å². The minimum atomic E-state index is 0. The van der Waals surface area contributed by atoms with Crippen LogP contribution in [0.3, 0.4) is 0 Å². The van der Waals surface area contributed by atoms with E-state index >= 15 is 0 Å². The van der Waals surface area contributed by atoms with E-state index in [-0.39, 0.29) is 30.1 Å². The molecule has 3 rings (SSSR count). The van der Waals surface area contributed by atoms with Crippen LogP contribution >= 0.6 is 24.0 Å². The molecule has 2 atom stereocenters. The number of rotatable bonds is 8. The summed E-state index contributed by atoms with van der Waals surface area (Å²) in [4.78, 5) is 6.88. The van der Waals surface area contributed by atoms with Crippen LogP contribution in [0.1, 0.15) is 45.1 Å². The topological polar surface area (TPSA) is 67.4 Å². The van der Waals surface area contributed by atoms with E-state index < -0.39 is 0 Å². The van der Waals surface area contributed by atoms with Crippen molar-refractivity contribution in [2.45, 2.75) is 64.3 Å². The molecule has 7 nitrogen and oxygen atoms in total. The highest BCUT2D eigenvalue weighted by atomic mass is 127. The minimum absolute atomic E-state index is 0. The van der Waals surface area contributed by atoms with Crippen molar-refractivity contribution in [1.29, 1.82) is 0 Å². The Bertz CT molecular complexity index is 697. The third-order valence-electron chi connectivity index (χ3n) is 6.09. The van der Waals surface area contributed by atoms with Crippen LogP contribution in [-0.4, -0.2) is 69.5 Å². The van der Waals surface area contributed by atoms with Crippen molar-refractivity contribution in [3.63, 3.8) is 0 Å². The van der Waals surface area contributed by atoms with Gasteiger partial charge < -0.3 is 24.8 Å². The van der Waals surface area contributed by atoms with Gasteiger partial charge in [-0.05, 0) is 45.6 Å². The van der Waals surface area contributed by atoms with Crippen molar-refractivity contribution < 1.29 is 14.2 Å². The molecule has 2 unspecified atom stereocenters. The first-order chi connectivity index (χ1) is 14.6. The molecule has 0 spiro atoms. The van der Waals surface area contributed by atoms with Gasteiger partial charge in [-0.15, -0.1) is 24.0 Å². The third-order valence-corrected chi connectivity index (χ3v) is 6.09. The molecular weight excluding hydrogens is 507 g/mol. The highest BCUT2D eigenvalue weighted by Gasteiger charge is 2.24. The second kappa shape index (κ2) is 13.3. The summed E-state index contributed by atoms with van der Waals surface area (Å²) >= 11 is 0. The number of halogens is 1. The number of nitrogens with one attached hydrogen (secondary N) is 2. The Kier molecular flexibility index (Phi) is 11.2. The van der Waals surface area contributed by atoms with Crippen LogP contribution in [0.4, 0.5) is 0 Å². The second-order valence-electron chi connectivity index (χ2n) is 8.29. The molecule has 2 aliphatic rings. The fraction of sp³-hybridized carbons (Fsp3) is 0.696. The number of ether oxygens (including phenoxy) is 3. The summed E-state index contributed by atoms with van der Waals surface area (Å²) in [6.45, 7) is 8.50. The van der Waals surface area contributed by atoms with Crippen LogP contribution in [0.25, 0.3) is 0 Å². The molecule has 1 aliphatic heterocycles. The van der Waals surface area contributed by atoms with E-state index in [0.717, 1.165) is 62.2 Å². The molecule has 31 heavy (non-hydrogen) atoms. The van der Waals surface area contributed by atoms with Crippen LogP contribution in [-0.2, 0) is 11.3 Å². The lowest BCUT2D eigenvalue weighted by Gasteiger charge is -2.38. The average Bonchev–Trinajstić information content (AvgIpc) is 3.28. The highest BCUT2D eigenvalue weighted by molar-refractivity contribution is 14.0. The van der Waals surface area contributed by atoms with Crippen molar-refractivity contribution in [2.24, 2.45) is 4.99 Å². The summed E-state index contributed by atoms with van der Waals surface area (Å²) in [6, 6.07) is 6.91. The monoisotopic (exact) mass is 546 g/mol. The normalized spacial score (nSPS) is 21.3. The summed E-state index contributed by atoms with van der Waals surface area (Å²) in [7, 11) is 3.50. The predicted octanol–water partition coefficient (Wildman–Crippen LogP) is 3.41. The smallest absolute Gasteiger partial charge is 0.191 e. The lowest BCUT2D eigenvalue weighted by Crippen LogP contribution is -2.52. The second-order valence-corrected chi connectivity index (χ2v) is 8.29. The van der Waals surface area contributed by atoms with Crippen LogP contribution in [0, 0.1) is 0 Å². The largest absolute Gasteiger partial charge is 0.493 e. The zero-order valence-corrected chi connectivity index (χ0v) is 21.7. The molecule has 1 aliphatic carbocycles. The van der Waals surface area contributed by atoms with Crippen LogP contribution in [0.5, 0.6) is 11.5 Å². The molecule has 2 N–H and O–H groups in total. The number of methoxy groups -OCH3 is 1. The number of para-hydroxylation sites is 1. The first-order valence-electron chi connectivity index (χ1n) is 11.2. The van der Waals surface area contributed by atoms with Gasteiger partial charge in [-0.1, -0.05) is 12.1 Å². The maximum Gasteiger partial charge on any atom is 0.191 e. The Morgan fingerprint density at radius 1 is 1.29 bits per heavy atom. The summed E-state index contributed by atoms with van der Waals surface area (Å²) in [6.07, 6.45) is 5.00. The molecule has 1 saturated carbocycles. The Morgan fingerprint density at radius 3 is 2.74 bits per heavy atom. The number of morpholine rings is 1. The van der Waals surface area contributed by atoms with Crippen molar-refractivity contribution in [2.75, 3.05) is 40.5 Å². The summed E-state index contributed by atoms with van der Waals surface area (Å²) < 4.78 is 17.5. The molecule has 0 amide bonds. The van der Waals surface area contributed by atoms with E-state index in [2.05, 4.69) is 40.4 Å². The lowest BCUT2D eigenvalue weighted by atomic mass is 10.1. The predicted molar refractivity (Wildman–Crippen MR) is 136 cm³/mol. The van der Waals surface area contributed by atoms with Gasteiger partial charge in [-0.25, -0.2) is 0 Å². The first-order valence-corrected chi connectivity index (χ1v) is 11.2. The number of hydrogen-bond acceptors (Lipinski definition) is 5. The zero-order valence-electron chi connectivity index (χ0n) is 19.4. The molecule has 1 heterocycles. The van der Waals surface area contributed by atoms with Gasteiger partial charge in [0.1, 0.15) is 0 Å². The molecule has 0 aromatic heterocycles. The summed E-state index contributed by atoms with van der Waals surface area (Å²) in [5.74, 6) is 2.43. The van der Waals surface area contributed by atoms with Crippen LogP contribution in [0.15, 0.2) is 23.2 Å². The van der Waals surface area contributed by atoms with Crippen molar-refractivity contribution in [3.8, 4) is 11.5 Å². The van der Waals surface area contributed by atoms with E-state index in [1.807, 2.05) is 12.1 Å². The van der Waals surface area contributed by atoms with Crippen LogP contribution < -0.4 is 20.1 Å². The van der Waals surface area contributed by atoms with E-state index in [9.17, 15) is 0 Å². The quantitative estimate of drug-likeness (QED) is 0.296. The number of aliphatic imine (C=N–C) groups is 1. The summed E-state index contributed by atoms with van der Waals surface area (Å²) in [5.41, 5.74) is 1.08. The minimum Gasteiger partial charge on any atom is -0.493 e. The molecule has 1 aromatic carbocycles. The third kappa shape index (κ3) is 7.39. The van der Waals surface area contributed by atoms with Gasteiger partial charge in [0.25, 0.3) is 0 Å². The molecule has 1 aromatic rings. The van der Waals surface area contributed by atoms with Gasteiger partial charge in [-0.3, -0.25) is 9.89 Å². The number of nitrogens with zero attached hydrogens (tertiary/aromatic N) is 2. The Balaban J connectivity index is 0.00000341. The first kappa shape index (κ1) is 26.0. The van der Waals surface area contributed by atoms with E-state index in [1.165, 1.54) is 12.8 Å². The van der Waals surface area contributed by atoms with Gasteiger partial charge in [0.15, 0.2) is 17.5 Å². The van der Waals surface area contributed by atoms with Gasteiger partial charge in [0.05, 0.1) is 26.4 Å². The van der Waals surface area contributed by atoms with E-state index in [0.29, 0.717) is 18.6 Å². The molecule has 2 fully saturated rings. The molecule has 0 radical (unpaired) electrons. The van der Waals surface area contributed by atoms with E-state index in [1.54, 1.807) is 14.2 Å². The van der Waals surface area contributed by atoms with Crippen LogP contribution in [0.2, 0.25) is 0 Å². The maximum atomic E-state index is 6.34. The van der Waals surface area contributed by atoms with Crippen molar-refractivity contribution in [3.05, 3.63) is 23.8 Å². The standard InChI is InChI=1S/C23H38N4O3.HI/c1-17(27-12-13-29-16-18(27)2)14-25-23(24-3)26-15-19-8-7-11-21(28-4)22(19)30-20-9-5-6-10-20;/h7-8,11,17-18,20H,5-6,9-10,12-16H2,1-4H3,(H2,24,25,26);1H. The van der Waals surface area contributed by atoms with Gasteiger partial charge in [0.2, 0.25) is 0 Å². The molecule has 1 saturated heterocycles. The molecule has 0 bridgehead atoms. The van der Waals surface area contributed by atoms with Gasteiger partial charge in [-0.2, -0.15) is 0 Å². The lowest BCUT2D eigenvalue weighted by molar-refractivity contribution is -0.0174. The number of benzene rings is 1. The number of guanidine groups is 1. The highest BCUT2D eigenvalue weighted by Crippen LogP contribution is 2.34. The fourth-order valence-corrected chi connectivity index (χ4v) is 4.32. The van der Waals surface area contributed by atoms with Gasteiger partial charge in [0, 0.05) is 44.3 Å². The SMILES string of the molecule is CN=C(NCc1cccc(OC)c1OC1CCCC1)NCC(C)N1CCOCC1C.I. The number of hydrogen-bond donors (Lipinski definition) is 2. The van der Waals surface area contributed by atoms with Crippen molar-refractivity contribution in [1.82, 2.24) is 15.5 Å². The average molecular weight is 546 g/mol. The molecule has 176 valence electrons. The van der Waals surface area contributed by atoms with Crippen molar-refractivity contribution >= 4 is 29.9 Å². The Morgan fingerprint density at radius 2 is 2.06 bits per heavy atom. The Hall–Kier alpha value is -1.26. The van der Waals surface area contributed by atoms with Gasteiger partial charge >= 0.3 is 0 Å². The maximum absolute atomic E-state index is 6.34. The fourth-order valence-electron chi connectivity index (χ4n) is 4.32.